The van der Waals surface area contributed by atoms with Crippen LogP contribution in [0, 0.1) is 11.3 Å². The fourth-order valence-electron chi connectivity index (χ4n) is 3.43. The Kier molecular flexibility index (Phi) is 2.38. The molecule has 19 heavy (non-hydrogen) atoms. The van der Waals surface area contributed by atoms with Crippen LogP contribution in [-0.4, -0.2) is 18.5 Å². The van der Waals surface area contributed by atoms with Gasteiger partial charge in [0.25, 0.3) is 0 Å². The van der Waals surface area contributed by atoms with Crippen molar-refractivity contribution in [1.82, 2.24) is 5.32 Å². The van der Waals surface area contributed by atoms with Crippen molar-refractivity contribution in [3.05, 3.63) is 29.8 Å². The van der Waals surface area contributed by atoms with Gasteiger partial charge in [-0.05, 0) is 48.6 Å². The normalized spacial score (nSPS) is 26.4. The molecule has 0 bridgehead atoms. The number of para-hydroxylation sites is 1. The van der Waals surface area contributed by atoms with Crippen molar-refractivity contribution >= 4 is 11.6 Å². The van der Waals surface area contributed by atoms with E-state index in [0.717, 1.165) is 24.6 Å². The minimum atomic E-state index is -0.0765. The monoisotopic (exact) mass is 256 g/mol. The van der Waals surface area contributed by atoms with Crippen molar-refractivity contribution in [2.45, 2.75) is 38.1 Å². The molecule has 1 aromatic carbocycles. The third-order valence-electron chi connectivity index (χ3n) is 5.04. The van der Waals surface area contributed by atoms with Crippen LogP contribution in [-0.2, 0) is 11.2 Å². The van der Waals surface area contributed by atoms with Gasteiger partial charge < -0.3 is 10.6 Å². The molecular weight excluding hydrogens is 236 g/mol. The lowest BCUT2D eigenvalue weighted by Gasteiger charge is -2.17. The maximum atomic E-state index is 12.3. The summed E-state index contributed by atoms with van der Waals surface area (Å²) in [6.07, 6.45) is 6.21. The SMILES string of the molecule is O=C(NCC1(C2CC2)CC1)C1Cc2ccccc2N1. The van der Waals surface area contributed by atoms with Crippen LogP contribution in [0.25, 0.3) is 0 Å². The number of carbonyl (C=O) groups excluding carboxylic acids is 1. The van der Waals surface area contributed by atoms with Gasteiger partial charge in [0.05, 0.1) is 0 Å². The van der Waals surface area contributed by atoms with E-state index in [1.54, 1.807) is 0 Å². The zero-order chi connectivity index (χ0) is 12.9. The average molecular weight is 256 g/mol. The second kappa shape index (κ2) is 3.99. The predicted molar refractivity (Wildman–Crippen MR) is 75.0 cm³/mol. The van der Waals surface area contributed by atoms with Crippen LogP contribution in [0.1, 0.15) is 31.2 Å². The molecule has 0 aromatic heterocycles. The van der Waals surface area contributed by atoms with Crippen molar-refractivity contribution in [3.8, 4) is 0 Å². The molecule has 4 rings (SSSR count). The molecule has 3 aliphatic rings. The van der Waals surface area contributed by atoms with Crippen molar-refractivity contribution in [2.75, 3.05) is 11.9 Å². The van der Waals surface area contributed by atoms with Crippen LogP contribution in [0.15, 0.2) is 24.3 Å². The van der Waals surface area contributed by atoms with Crippen LogP contribution in [0.4, 0.5) is 5.69 Å². The number of anilines is 1. The molecule has 100 valence electrons. The van der Waals surface area contributed by atoms with E-state index in [4.69, 9.17) is 0 Å². The summed E-state index contributed by atoms with van der Waals surface area (Å²) < 4.78 is 0. The van der Waals surface area contributed by atoms with Gasteiger partial charge in [0, 0.05) is 18.7 Å². The lowest BCUT2D eigenvalue weighted by atomic mass is 10.0. The Morgan fingerprint density at radius 2 is 2.11 bits per heavy atom. The molecule has 1 amide bonds. The molecule has 1 heterocycles. The van der Waals surface area contributed by atoms with Gasteiger partial charge in [-0.2, -0.15) is 0 Å². The van der Waals surface area contributed by atoms with Gasteiger partial charge in [0.1, 0.15) is 6.04 Å². The molecule has 1 unspecified atom stereocenters. The molecular formula is C16H20N2O. The van der Waals surface area contributed by atoms with E-state index in [1.165, 1.54) is 31.2 Å². The van der Waals surface area contributed by atoms with Gasteiger partial charge in [-0.15, -0.1) is 0 Å². The third kappa shape index (κ3) is 2.01. The summed E-state index contributed by atoms with van der Waals surface area (Å²) >= 11 is 0. The Balaban J connectivity index is 1.35. The van der Waals surface area contributed by atoms with E-state index in [1.807, 2.05) is 12.1 Å². The molecule has 1 aromatic rings. The van der Waals surface area contributed by atoms with Crippen LogP contribution < -0.4 is 10.6 Å². The molecule has 3 heteroatoms. The van der Waals surface area contributed by atoms with E-state index in [0.29, 0.717) is 5.41 Å². The van der Waals surface area contributed by atoms with E-state index in [-0.39, 0.29) is 11.9 Å². The van der Waals surface area contributed by atoms with Crippen molar-refractivity contribution in [3.63, 3.8) is 0 Å². The second-order valence-electron chi connectivity index (χ2n) is 6.41. The minimum absolute atomic E-state index is 0.0765. The molecule has 2 fully saturated rings. The summed E-state index contributed by atoms with van der Waals surface area (Å²) in [4.78, 5) is 12.3. The van der Waals surface area contributed by atoms with E-state index in [2.05, 4.69) is 22.8 Å². The zero-order valence-corrected chi connectivity index (χ0v) is 11.1. The first kappa shape index (κ1) is 11.3. The minimum Gasteiger partial charge on any atom is -0.373 e. The van der Waals surface area contributed by atoms with Gasteiger partial charge in [-0.25, -0.2) is 0 Å². The fourth-order valence-corrected chi connectivity index (χ4v) is 3.43. The lowest BCUT2D eigenvalue weighted by molar-refractivity contribution is -0.122. The molecule has 1 atom stereocenters. The second-order valence-corrected chi connectivity index (χ2v) is 6.41. The van der Waals surface area contributed by atoms with Crippen LogP contribution >= 0.6 is 0 Å². The topological polar surface area (TPSA) is 41.1 Å². The number of rotatable bonds is 4. The van der Waals surface area contributed by atoms with Crippen molar-refractivity contribution in [2.24, 2.45) is 11.3 Å². The number of nitrogens with one attached hydrogen (secondary N) is 2. The molecule has 2 N–H and O–H groups in total. The first-order valence-corrected chi connectivity index (χ1v) is 7.39. The van der Waals surface area contributed by atoms with E-state index < -0.39 is 0 Å². The van der Waals surface area contributed by atoms with E-state index in [9.17, 15) is 4.79 Å². The molecule has 0 saturated heterocycles. The van der Waals surface area contributed by atoms with Crippen molar-refractivity contribution in [1.29, 1.82) is 0 Å². The maximum Gasteiger partial charge on any atom is 0.242 e. The Bertz CT molecular complexity index is 492. The first-order valence-electron chi connectivity index (χ1n) is 7.39. The molecule has 2 aliphatic carbocycles. The Morgan fingerprint density at radius 1 is 1.32 bits per heavy atom. The predicted octanol–water partition coefficient (Wildman–Crippen LogP) is 2.33. The summed E-state index contributed by atoms with van der Waals surface area (Å²) in [5.74, 6) is 1.07. The molecule has 0 spiro atoms. The standard InChI is InChI=1S/C16H20N2O/c19-15(17-10-16(7-8-16)12-5-6-12)14-9-11-3-1-2-4-13(11)18-14/h1-4,12,14,18H,5-10H2,(H,17,19). The molecule has 2 saturated carbocycles. The Hall–Kier alpha value is -1.51. The molecule has 1 aliphatic heterocycles. The summed E-state index contributed by atoms with van der Waals surface area (Å²) in [6, 6.07) is 8.12. The summed E-state index contributed by atoms with van der Waals surface area (Å²) in [7, 11) is 0. The highest BCUT2D eigenvalue weighted by molar-refractivity contribution is 5.87. The Morgan fingerprint density at radius 3 is 2.79 bits per heavy atom. The van der Waals surface area contributed by atoms with E-state index >= 15 is 0 Å². The maximum absolute atomic E-state index is 12.3. The number of fused-ring (bicyclic) bond motifs is 1. The highest BCUT2D eigenvalue weighted by atomic mass is 16.2. The lowest BCUT2D eigenvalue weighted by Crippen LogP contribution is -2.41. The quantitative estimate of drug-likeness (QED) is 0.868. The number of hydrogen-bond acceptors (Lipinski definition) is 2. The summed E-state index contributed by atoms with van der Waals surface area (Å²) in [6.45, 7) is 0.894. The summed E-state index contributed by atoms with van der Waals surface area (Å²) in [5.41, 5.74) is 2.86. The highest BCUT2D eigenvalue weighted by Crippen LogP contribution is 2.60. The van der Waals surface area contributed by atoms with Gasteiger partial charge in [0.15, 0.2) is 0 Å². The van der Waals surface area contributed by atoms with Crippen LogP contribution in [0.5, 0.6) is 0 Å². The Labute approximate surface area is 113 Å². The highest BCUT2D eigenvalue weighted by Gasteiger charge is 2.53. The number of benzene rings is 1. The number of hydrogen-bond donors (Lipinski definition) is 2. The number of carbonyl (C=O) groups is 1. The number of amides is 1. The smallest absolute Gasteiger partial charge is 0.242 e. The third-order valence-corrected chi connectivity index (χ3v) is 5.04. The van der Waals surface area contributed by atoms with Gasteiger partial charge >= 0.3 is 0 Å². The van der Waals surface area contributed by atoms with Gasteiger partial charge in [-0.1, -0.05) is 18.2 Å². The average Bonchev–Trinajstić information content (AvgIpc) is 3.32. The largest absolute Gasteiger partial charge is 0.373 e. The molecule has 3 nitrogen and oxygen atoms in total. The van der Waals surface area contributed by atoms with Crippen LogP contribution in [0.3, 0.4) is 0 Å². The molecule has 0 radical (unpaired) electrons. The summed E-state index contributed by atoms with van der Waals surface area (Å²) in [5, 5.41) is 6.51. The van der Waals surface area contributed by atoms with Crippen LogP contribution in [0.2, 0.25) is 0 Å². The van der Waals surface area contributed by atoms with Gasteiger partial charge in [-0.3, -0.25) is 4.79 Å². The zero-order valence-electron chi connectivity index (χ0n) is 11.1. The first-order chi connectivity index (χ1) is 9.27. The van der Waals surface area contributed by atoms with Gasteiger partial charge in [0.2, 0.25) is 5.91 Å². The fraction of sp³-hybridized carbons (Fsp3) is 0.562. The van der Waals surface area contributed by atoms with Crippen molar-refractivity contribution < 1.29 is 4.79 Å².